The Kier molecular flexibility index (Phi) is 8.62. The van der Waals surface area contributed by atoms with Crippen LogP contribution in [0, 0.1) is 13.8 Å². The van der Waals surface area contributed by atoms with Gasteiger partial charge in [0.05, 0.1) is 25.4 Å². The van der Waals surface area contributed by atoms with Crippen molar-refractivity contribution in [2.24, 2.45) is 4.99 Å². The Morgan fingerprint density at radius 3 is 2.59 bits per heavy atom. The lowest BCUT2D eigenvalue weighted by Gasteiger charge is -2.35. The SMILES string of the molecule is CN=C(NCCOc1c(C)cccc1C)N1CCC(OCC2CCCCO2)CC1. The molecule has 1 unspecified atom stereocenters. The molecule has 0 radical (unpaired) electrons. The third-order valence-electron chi connectivity index (χ3n) is 5.79. The summed E-state index contributed by atoms with van der Waals surface area (Å²) in [5, 5.41) is 3.44. The van der Waals surface area contributed by atoms with E-state index in [-0.39, 0.29) is 0 Å². The van der Waals surface area contributed by atoms with E-state index < -0.39 is 0 Å². The van der Waals surface area contributed by atoms with Crippen LogP contribution in [-0.4, -0.2) is 69.6 Å². The molecule has 6 nitrogen and oxygen atoms in total. The van der Waals surface area contributed by atoms with E-state index in [1.807, 2.05) is 7.05 Å². The minimum absolute atomic E-state index is 0.299. The number of piperidine rings is 1. The molecule has 3 rings (SSSR count). The maximum atomic E-state index is 6.12. The first-order chi connectivity index (χ1) is 14.2. The van der Waals surface area contributed by atoms with E-state index in [9.17, 15) is 0 Å². The molecule has 6 heteroatoms. The van der Waals surface area contributed by atoms with Crippen LogP contribution in [0.15, 0.2) is 23.2 Å². The standard InChI is InChI=1S/C23H37N3O3/c1-18-7-6-8-19(2)22(18)28-16-12-25-23(24-3)26-13-10-20(11-14-26)29-17-21-9-4-5-15-27-21/h6-8,20-21H,4-5,9-17H2,1-3H3,(H,24,25). The van der Waals surface area contributed by atoms with Crippen LogP contribution in [0.1, 0.15) is 43.2 Å². The lowest BCUT2D eigenvalue weighted by molar-refractivity contribution is -0.0721. The van der Waals surface area contributed by atoms with Gasteiger partial charge in [-0.05, 0) is 57.1 Å². The Bertz CT molecular complexity index is 631. The topological polar surface area (TPSA) is 55.3 Å². The number of nitrogens with one attached hydrogen (secondary N) is 1. The number of para-hydroxylation sites is 1. The Labute approximate surface area is 175 Å². The highest BCUT2D eigenvalue weighted by Crippen LogP contribution is 2.22. The van der Waals surface area contributed by atoms with Gasteiger partial charge in [0.25, 0.3) is 0 Å². The number of guanidine groups is 1. The quantitative estimate of drug-likeness (QED) is 0.430. The Balaban J connectivity index is 1.34. The van der Waals surface area contributed by atoms with Gasteiger partial charge in [-0.25, -0.2) is 0 Å². The van der Waals surface area contributed by atoms with Crippen molar-refractivity contribution in [3.63, 3.8) is 0 Å². The molecule has 1 aromatic rings. The number of benzene rings is 1. The van der Waals surface area contributed by atoms with Crippen LogP contribution in [0.5, 0.6) is 5.75 Å². The first kappa shape index (κ1) is 21.9. The van der Waals surface area contributed by atoms with Gasteiger partial charge < -0.3 is 24.4 Å². The number of aryl methyl sites for hydroxylation is 2. The fraction of sp³-hybridized carbons (Fsp3) is 0.696. The van der Waals surface area contributed by atoms with Crippen molar-refractivity contribution < 1.29 is 14.2 Å². The largest absolute Gasteiger partial charge is 0.491 e. The van der Waals surface area contributed by atoms with Crippen LogP contribution in [-0.2, 0) is 9.47 Å². The molecule has 2 aliphatic heterocycles. The molecule has 0 amide bonds. The molecule has 1 aromatic carbocycles. The van der Waals surface area contributed by atoms with Crippen molar-refractivity contribution in [3.05, 3.63) is 29.3 Å². The average Bonchev–Trinajstić information content (AvgIpc) is 2.75. The summed E-state index contributed by atoms with van der Waals surface area (Å²) >= 11 is 0. The maximum absolute atomic E-state index is 6.12. The molecule has 162 valence electrons. The number of hydrogen-bond donors (Lipinski definition) is 1. The summed E-state index contributed by atoms with van der Waals surface area (Å²) in [4.78, 5) is 6.77. The van der Waals surface area contributed by atoms with Crippen LogP contribution < -0.4 is 10.1 Å². The van der Waals surface area contributed by atoms with E-state index in [2.05, 4.69) is 47.3 Å². The summed E-state index contributed by atoms with van der Waals surface area (Å²) in [7, 11) is 1.84. The molecule has 1 atom stereocenters. The molecule has 29 heavy (non-hydrogen) atoms. The molecule has 0 spiro atoms. The molecule has 2 fully saturated rings. The second-order valence-electron chi connectivity index (χ2n) is 8.05. The van der Waals surface area contributed by atoms with Crippen LogP contribution in [0.4, 0.5) is 0 Å². The summed E-state index contributed by atoms with van der Waals surface area (Å²) in [6.45, 7) is 9.08. The minimum Gasteiger partial charge on any atom is -0.491 e. The van der Waals surface area contributed by atoms with Gasteiger partial charge in [-0.1, -0.05) is 18.2 Å². The van der Waals surface area contributed by atoms with Crippen molar-refractivity contribution in [2.45, 2.75) is 58.2 Å². The maximum Gasteiger partial charge on any atom is 0.193 e. The van der Waals surface area contributed by atoms with Gasteiger partial charge >= 0.3 is 0 Å². The zero-order chi connectivity index (χ0) is 20.5. The summed E-state index contributed by atoms with van der Waals surface area (Å²) in [6.07, 6.45) is 6.30. The molecule has 2 saturated heterocycles. The fourth-order valence-corrected chi connectivity index (χ4v) is 4.09. The molecule has 1 N–H and O–H groups in total. The second-order valence-corrected chi connectivity index (χ2v) is 8.05. The van der Waals surface area contributed by atoms with E-state index in [1.165, 1.54) is 24.0 Å². The molecule has 0 bridgehead atoms. The predicted molar refractivity (Wildman–Crippen MR) is 117 cm³/mol. The average molecular weight is 404 g/mol. The van der Waals surface area contributed by atoms with Crippen LogP contribution in [0.3, 0.4) is 0 Å². The third-order valence-corrected chi connectivity index (χ3v) is 5.79. The van der Waals surface area contributed by atoms with Crippen LogP contribution >= 0.6 is 0 Å². The number of aliphatic imine (C=N–C) groups is 1. The summed E-state index contributed by atoms with van der Waals surface area (Å²) in [6, 6.07) is 6.23. The number of hydrogen-bond acceptors (Lipinski definition) is 4. The molecule has 2 aliphatic rings. The first-order valence-corrected chi connectivity index (χ1v) is 11.0. The van der Waals surface area contributed by atoms with Gasteiger partial charge in [0.15, 0.2) is 5.96 Å². The molecule has 2 heterocycles. The Hall–Kier alpha value is -1.79. The Morgan fingerprint density at radius 1 is 1.17 bits per heavy atom. The third kappa shape index (κ3) is 6.61. The second kappa shape index (κ2) is 11.4. The van der Waals surface area contributed by atoms with Gasteiger partial charge in [-0.15, -0.1) is 0 Å². The molecule has 0 aromatic heterocycles. The van der Waals surface area contributed by atoms with E-state index in [0.29, 0.717) is 18.8 Å². The van der Waals surface area contributed by atoms with E-state index >= 15 is 0 Å². The van der Waals surface area contributed by atoms with Gasteiger partial charge in [0.2, 0.25) is 0 Å². The Morgan fingerprint density at radius 2 is 1.93 bits per heavy atom. The first-order valence-electron chi connectivity index (χ1n) is 11.0. The van der Waals surface area contributed by atoms with Crippen molar-refractivity contribution in [2.75, 3.05) is 46.5 Å². The van der Waals surface area contributed by atoms with E-state index in [0.717, 1.165) is 63.8 Å². The summed E-state index contributed by atoms with van der Waals surface area (Å²) < 4.78 is 17.9. The highest BCUT2D eigenvalue weighted by atomic mass is 16.5. The normalized spacial score (nSPS) is 21.3. The van der Waals surface area contributed by atoms with Crippen molar-refractivity contribution in [1.82, 2.24) is 10.2 Å². The monoisotopic (exact) mass is 403 g/mol. The summed E-state index contributed by atoms with van der Waals surface area (Å²) in [5.74, 6) is 1.94. The van der Waals surface area contributed by atoms with Gasteiger partial charge in [-0.2, -0.15) is 0 Å². The van der Waals surface area contributed by atoms with Crippen LogP contribution in [0.2, 0.25) is 0 Å². The lowest BCUT2D eigenvalue weighted by atomic mass is 10.1. The van der Waals surface area contributed by atoms with Gasteiger partial charge in [0, 0.05) is 26.7 Å². The van der Waals surface area contributed by atoms with Crippen LogP contribution in [0.25, 0.3) is 0 Å². The van der Waals surface area contributed by atoms with E-state index in [1.54, 1.807) is 0 Å². The van der Waals surface area contributed by atoms with Gasteiger partial charge in [-0.3, -0.25) is 4.99 Å². The number of likely N-dealkylation sites (tertiary alicyclic amines) is 1. The van der Waals surface area contributed by atoms with Crippen molar-refractivity contribution in [1.29, 1.82) is 0 Å². The molecular weight excluding hydrogens is 366 g/mol. The lowest BCUT2D eigenvalue weighted by Crippen LogP contribution is -2.48. The van der Waals surface area contributed by atoms with Crippen molar-refractivity contribution >= 4 is 5.96 Å². The number of ether oxygens (including phenoxy) is 3. The number of nitrogens with zero attached hydrogens (tertiary/aromatic N) is 2. The number of rotatable bonds is 7. The minimum atomic E-state index is 0.299. The van der Waals surface area contributed by atoms with Gasteiger partial charge in [0.1, 0.15) is 12.4 Å². The highest BCUT2D eigenvalue weighted by Gasteiger charge is 2.23. The molecular formula is C23H37N3O3. The predicted octanol–water partition coefficient (Wildman–Crippen LogP) is 3.31. The molecule has 0 aliphatic carbocycles. The molecule has 0 saturated carbocycles. The van der Waals surface area contributed by atoms with Crippen molar-refractivity contribution in [3.8, 4) is 5.75 Å². The zero-order valence-corrected chi connectivity index (χ0v) is 18.3. The van der Waals surface area contributed by atoms with E-state index in [4.69, 9.17) is 14.2 Å². The smallest absolute Gasteiger partial charge is 0.193 e. The zero-order valence-electron chi connectivity index (χ0n) is 18.3. The fourth-order valence-electron chi connectivity index (χ4n) is 4.09. The highest BCUT2D eigenvalue weighted by molar-refractivity contribution is 5.79. The summed E-state index contributed by atoms with van der Waals surface area (Å²) in [5.41, 5.74) is 2.35.